The smallest absolute Gasteiger partial charge is 0.273 e. The number of aryl methyl sites for hydroxylation is 1. The number of hydrogen-bond acceptors (Lipinski definition) is 4. The van der Waals surface area contributed by atoms with Crippen molar-refractivity contribution in [2.24, 2.45) is 7.05 Å². The lowest BCUT2D eigenvalue weighted by Gasteiger charge is -2.04. The molecule has 3 N–H and O–H groups in total. The number of imidazole rings is 2. The summed E-state index contributed by atoms with van der Waals surface area (Å²) in [5.74, 6) is -1.39. The van der Waals surface area contributed by atoms with Gasteiger partial charge in [-0.3, -0.25) is 10.0 Å². The molecule has 3 aromatic heterocycles. The van der Waals surface area contributed by atoms with Gasteiger partial charge in [-0.05, 0) is 24.3 Å². The quantitative estimate of drug-likeness (QED) is 0.364. The van der Waals surface area contributed by atoms with Crippen LogP contribution in [0, 0.1) is 11.6 Å². The van der Waals surface area contributed by atoms with Gasteiger partial charge in [-0.25, -0.2) is 14.4 Å². The average Bonchev–Trinajstić information content (AvgIpc) is 3.31. The highest BCUT2D eigenvalue weighted by Crippen LogP contribution is 2.29. The third kappa shape index (κ3) is 3.55. The van der Waals surface area contributed by atoms with E-state index in [1.807, 2.05) is 0 Å². The molecule has 0 saturated carbocycles. The number of pyridine rings is 1. The van der Waals surface area contributed by atoms with Crippen LogP contribution in [-0.4, -0.2) is 30.6 Å². The number of benzene rings is 1. The topological polar surface area (TPSA) is 99.7 Å². The van der Waals surface area contributed by atoms with E-state index in [0.29, 0.717) is 27.5 Å². The van der Waals surface area contributed by atoms with Gasteiger partial charge in [-0.2, -0.15) is 4.39 Å². The van der Waals surface area contributed by atoms with Crippen LogP contribution >= 0.6 is 0 Å². The third-order valence-electron chi connectivity index (χ3n) is 4.24. The van der Waals surface area contributed by atoms with Crippen molar-refractivity contribution in [3.63, 3.8) is 0 Å². The van der Waals surface area contributed by atoms with Crippen LogP contribution in [0.3, 0.4) is 0 Å². The highest BCUT2D eigenvalue weighted by molar-refractivity contribution is 6.03. The number of H-pyrrole nitrogens is 1. The highest BCUT2D eigenvalue weighted by atomic mass is 19.1. The molecule has 0 spiro atoms. The third-order valence-corrected chi connectivity index (χ3v) is 4.24. The Bertz CT molecular complexity index is 1200. The van der Waals surface area contributed by atoms with Crippen LogP contribution in [0.25, 0.3) is 22.8 Å². The van der Waals surface area contributed by atoms with Crippen molar-refractivity contribution < 1.29 is 23.5 Å². The fourth-order valence-corrected chi connectivity index (χ4v) is 2.84. The van der Waals surface area contributed by atoms with Gasteiger partial charge in [0.1, 0.15) is 17.2 Å². The van der Waals surface area contributed by atoms with E-state index in [0.717, 1.165) is 6.20 Å². The first kappa shape index (κ1) is 18.3. The minimum atomic E-state index is -0.798. The van der Waals surface area contributed by atoms with Gasteiger partial charge in [-0.1, -0.05) is 0 Å². The normalized spacial score (nSPS) is 10.9. The Hall–Kier alpha value is -4.08. The zero-order chi connectivity index (χ0) is 20.5. The Morgan fingerprint density at radius 1 is 1.21 bits per heavy atom. The van der Waals surface area contributed by atoms with E-state index < -0.39 is 11.7 Å². The summed E-state index contributed by atoms with van der Waals surface area (Å²) in [6, 6.07) is 7.09. The van der Waals surface area contributed by atoms with Gasteiger partial charge in [0.25, 0.3) is 12.1 Å². The second-order valence-corrected chi connectivity index (χ2v) is 6.25. The second-order valence-electron chi connectivity index (χ2n) is 6.25. The second kappa shape index (κ2) is 7.15. The molecule has 0 aliphatic carbocycles. The summed E-state index contributed by atoms with van der Waals surface area (Å²) < 4.78 is 29.3. The number of aromatic nitrogens is 5. The SMILES string of the molecule is Cn1cnc(-c2ccc(F)cc2)c1-c1ncc(C(=O)Nc2cc[n+](O)cc2F)[nH]1. The molecule has 1 amide bonds. The van der Waals surface area contributed by atoms with E-state index in [9.17, 15) is 18.8 Å². The molecule has 146 valence electrons. The monoisotopic (exact) mass is 397 g/mol. The maximum absolute atomic E-state index is 13.8. The van der Waals surface area contributed by atoms with Crippen LogP contribution in [0.15, 0.2) is 55.2 Å². The van der Waals surface area contributed by atoms with Crippen molar-refractivity contribution in [1.29, 1.82) is 0 Å². The lowest BCUT2D eigenvalue weighted by atomic mass is 10.1. The molecule has 8 nitrogen and oxygen atoms in total. The van der Waals surface area contributed by atoms with Crippen LogP contribution in [0.5, 0.6) is 0 Å². The minimum absolute atomic E-state index is 0.0935. The van der Waals surface area contributed by atoms with Crippen molar-refractivity contribution >= 4 is 11.6 Å². The first-order chi connectivity index (χ1) is 13.9. The Labute approximate surface area is 163 Å². The zero-order valence-electron chi connectivity index (χ0n) is 15.1. The Morgan fingerprint density at radius 3 is 2.69 bits per heavy atom. The number of carbonyl (C=O) groups is 1. The van der Waals surface area contributed by atoms with E-state index in [4.69, 9.17) is 0 Å². The molecule has 0 fully saturated rings. The summed E-state index contributed by atoms with van der Waals surface area (Å²) in [6.07, 6.45) is 4.90. The molecule has 1 aromatic carbocycles. The molecule has 29 heavy (non-hydrogen) atoms. The maximum atomic E-state index is 13.8. The summed E-state index contributed by atoms with van der Waals surface area (Å²) in [5, 5.41) is 11.6. The summed E-state index contributed by atoms with van der Waals surface area (Å²) >= 11 is 0. The Kier molecular flexibility index (Phi) is 4.51. The molecule has 0 atom stereocenters. The number of amides is 1. The maximum Gasteiger partial charge on any atom is 0.273 e. The van der Waals surface area contributed by atoms with Crippen LogP contribution in [0.1, 0.15) is 10.5 Å². The van der Waals surface area contributed by atoms with Gasteiger partial charge in [-0.15, -0.1) is 0 Å². The number of halogens is 2. The summed E-state index contributed by atoms with van der Waals surface area (Å²) in [7, 11) is 1.76. The molecule has 0 radical (unpaired) electrons. The lowest BCUT2D eigenvalue weighted by Crippen LogP contribution is -2.29. The van der Waals surface area contributed by atoms with Gasteiger partial charge < -0.3 is 14.9 Å². The van der Waals surface area contributed by atoms with E-state index >= 15 is 0 Å². The number of nitrogens with zero attached hydrogens (tertiary/aromatic N) is 4. The van der Waals surface area contributed by atoms with Crippen molar-refractivity contribution in [3.8, 4) is 22.8 Å². The van der Waals surface area contributed by atoms with Crippen LogP contribution in [0.2, 0.25) is 0 Å². The predicted molar refractivity (Wildman–Crippen MR) is 97.9 cm³/mol. The molecule has 0 bridgehead atoms. The van der Waals surface area contributed by atoms with Crippen molar-refractivity contribution in [1.82, 2.24) is 19.5 Å². The van der Waals surface area contributed by atoms with Crippen LogP contribution < -0.4 is 10.0 Å². The van der Waals surface area contributed by atoms with E-state index in [-0.39, 0.29) is 17.2 Å². The summed E-state index contributed by atoms with van der Waals surface area (Å²) in [6.45, 7) is 0. The zero-order valence-corrected chi connectivity index (χ0v) is 15.1. The highest BCUT2D eigenvalue weighted by Gasteiger charge is 2.19. The molecular formula is C19H15F2N6O2+. The van der Waals surface area contributed by atoms with Crippen molar-refractivity contribution in [2.45, 2.75) is 0 Å². The standard InChI is InChI=1S/C19H14F2N6O2/c1-26-10-23-16(11-2-4-12(20)5-3-11)17(26)18-22-8-15(24-18)19(28)25-14-6-7-27(29)9-13(14)21/h2-10,29H,1H3,(H,22,24,28)/p+1. The van der Waals surface area contributed by atoms with E-state index in [1.54, 1.807) is 30.1 Å². The van der Waals surface area contributed by atoms with Crippen molar-refractivity contribution in [2.75, 3.05) is 5.32 Å². The fraction of sp³-hybridized carbons (Fsp3) is 0.0526. The molecule has 3 heterocycles. The number of aromatic amines is 1. The summed E-state index contributed by atoms with van der Waals surface area (Å²) in [5.41, 5.74) is 1.86. The van der Waals surface area contributed by atoms with Crippen LogP contribution in [-0.2, 0) is 7.05 Å². The van der Waals surface area contributed by atoms with Gasteiger partial charge >= 0.3 is 0 Å². The molecule has 10 heteroatoms. The molecule has 0 unspecified atom stereocenters. The first-order valence-corrected chi connectivity index (χ1v) is 8.46. The number of nitrogens with one attached hydrogen (secondary N) is 2. The Balaban J connectivity index is 1.63. The largest absolute Gasteiger partial charge is 0.333 e. The predicted octanol–water partition coefficient (Wildman–Crippen LogP) is 2.53. The average molecular weight is 397 g/mol. The molecule has 0 aliphatic rings. The molecule has 4 rings (SSSR count). The Morgan fingerprint density at radius 2 is 1.97 bits per heavy atom. The molecule has 4 aromatic rings. The number of carbonyl (C=O) groups excluding carboxylic acids is 1. The van der Waals surface area contributed by atoms with Gasteiger partial charge in [0.05, 0.1) is 23.9 Å². The van der Waals surface area contributed by atoms with Crippen LogP contribution in [0.4, 0.5) is 14.5 Å². The number of hydrogen-bond donors (Lipinski definition) is 3. The van der Waals surface area contributed by atoms with E-state index in [1.165, 1.54) is 30.6 Å². The minimum Gasteiger partial charge on any atom is -0.333 e. The lowest BCUT2D eigenvalue weighted by molar-refractivity contribution is -0.905. The molecule has 0 aliphatic heterocycles. The van der Waals surface area contributed by atoms with E-state index in [2.05, 4.69) is 20.3 Å². The number of rotatable bonds is 4. The van der Waals surface area contributed by atoms with Crippen molar-refractivity contribution in [3.05, 3.63) is 72.6 Å². The number of anilines is 1. The van der Waals surface area contributed by atoms with Gasteiger partial charge in [0.2, 0.25) is 12.0 Å². The summed E-state index contributed by atoms with van der Waals surface area (Å²) in [4.78, 5) is 23.9. The first-order valence-electron chi connectivity index (χ1n) is 8.46. The fourth-order valence-electron chi connectivity index (χ4n) is 2.84. The van der Waals surface area contributed by atoms with Gasteiger partial charge in [0, 0.05) is 23.4 Å². The molecule has 0 saturated heterocycles. The molecular weight excluding hydrogens is 382 g/mol. The van der Waals surface area contributed by atoms with Gasteiger partial charge in [0.15, 0.2) is 5.82 Å².